The first-order chi connectivity index (χ1) is 16.2. The van der Waals surface area contributed by atoms with Crippen LogP contribution in [-0.4, -0.2) is 71.1 Å². The first-order valence-electron chi connectivity index (χ1n) is 12.2. The van der Waals surface area contributed by atoms with Crippen LogP contribution in [0.4, 0.5) is 10.5 Å². The number of unbranched alkanes of at least 4 members (excludes halogenated alkanes) is 1. The van der Waals surface area contributed by atoms with Gasteiger partial charge in [0.15, 0.2) is 0 Å². The highest BCUT2D eigenvalue weighted by molar-refractivity contribution is 5.91. The molecule has 1 unspecified atom stereocenters. The highest BCUT2D eigenvalue weighted by Crippen LogP contribution is 2.30. The van der Waals surface area contributed by atoms with Crippen molar-refractivity contribution in [3.8, 4) is 0 Å². The molecular formula is C26H40N4O4. The Bertz CT molecular complexity index is 864. The Kier molecular flexibility index (Phi) is 10.6. The summed E-state index contributed by atoms with van der Waals surface area (Å²) in [6.07, 6.45) is 7.50. The number of cyclic esters (lactones) is 1. The molecule has 0 bridgehead atoms. The van der Waals surface area contributed by atoms with Crippen molar-refractivity contribution in [2.24, 2.45) is 5.10 Å². The van der Waals surface area contributed by atoms with Gasteiger partial charge in [-0.1, -0.05) is 26.3 Å². The van der Waals surface area contributed by atoms with Crippen molar-refractivity contribution in [3.05, 3.63) is 42.1 Å². The van der Waals surface area contributed by atoms with E-state index < -0.39 is 11.6 Å². The van der Waals surface area contributed by atoms with Gasteiger partial charge in [-0.05, 0) is 64.4 Å². The van der Waals surface area contributed by atoms with Crippen LogP contribution in [0.1, 0.15) is 70.7 Å². The molecule has 34 heavy (non-hydrogen) atoms. The molecule has 1 atom stereocenters. The standard InChI is InChI=1S/C26H40N4O4/c1-6-8-17-29(27-21(3)4)18-9-16-28(7-2)19-14-26(5)15-20-30(25(33)34-26)23-12-10-22(11-13-23)24(31)32/h9-13,18H,6-8,14-17,19-20H2,1-5H3,(H,31,32)/b18-9+. The van der Waals surface area contributed by atoms with E-state index in [0.29, 0.717) is 18.7 Å². The molecule has 1 aliphatic rings. The molecule has 0 saturated carbocycles. The van der Waals surface area contributed by atoms with E-state index in [9.17, 15) is 9.59 Å². The Labute approximate surface area is 203 Å². The maximum absolute atomic E-state index is 12.7. The van der Waals surface area contributed by atoms with Crippen LogP contribution in [-0.2, 0) is 4.74 Å². The maximum Gasteiger partial charge on any atom is 0.414 e. The third-order valence-corrected chi connectivity index (χ3v) is 5.96. The number of anilines is 1. The van der Waals surface area contributed by atoms with Gasteiger partial charge in [0.2, 0.25) is 0 Å². The zero-order chi connectivity index (χ0) is 25.1. The van der Waals surface area contributed by atoms with Crippen molar-refractivity contribution < 1.29 is 19.4 Å². The van der Waals surface area contributed by atoms with Gasteiger partial charge in [0, 0.05) is 50.2 Å². The summed E-state index contributed by atoms with van der Waals surface area (Å²) in [6, 6.07) is 6.29. The van der Waals surface area contributed by atoms with Crippen molar-refractivity contribution in [1.82, 2.24) is 9.91 Å². The summed E-state index contributed by atoms with van der Waals surface area (Å²) in [5, 5.41) is 15.6. The summed E-state index contributed by atoms with van der Waals surface area (Å²) in [7, 11) is 0. The van der Waals surface area contributed by atoms with E-state index >= 15 is 0 Å². The zero-order valence-corrected chi connectivity index (χ0v) is 21.3. The lowest BCUT2D eigenvalue weighted by Gasteiger charge is -2.39. The summed E-state index contributed by atoms with van der Waals surface area (Å²) >= 11 is 0. The van der Waals surface area contributed by atoms with E-state index in [0.717, 1.165) is 51.2 Å². The number of hydrazone groups is 1. The van der Waals surface area contributed by atoms with Crippen LogP contribution < -0.4 is 4.90 Å². The molecule has 1 saturated heterocycles. The average Bonchev–Trinajstić information content (AvgIpc) is 2.79. The molecule has 8 nitrogen and oxygen atoms in total. The maximum atomic E-state index is 12.7. The fraction of sp³-hybridized carbons (Fsp3) is 0.577. The largest absolute Gasteiger partial charge is 0.478 e. The van der Waals surface area contributed by atoms with E-state index in [1.54, 1.807) is 17.0 Å². The third kappa shape index (κ3) is 8.48. The minimum Gasteiger partial charge on any atom is -0.478 e. The zero-order valence-electron chi connectivity index (χ0n) is 21.3. The first-order valence-corrected chi connectivity index (χ1v) is 12.2. The van der Waals surface area contributed by atoms with Crippen LogP contribution in [0, 0.1) is 0 Å². The molecule has 8 heteroatoms. The smallest absolute Gasteiger partial charge is 0.414 e. The lowest BCUT2D eigenvalue weighted by molar-refractivity contribution is -0.00253. The minimum atomic E-state index is -0.988. The molecule has 1 aliphatic heterocycles. The summed E-state index contributed by atoms with van der Waals surface area (Å²) in [5.74, 6) is -0.988. The highest BCUT2D eigenvalue weighted by Gasteiger charge is 2.37. The normalized spacial score (nSPS) is 18.3. The second kappa shape index (κ2) is 13.1. The van der Waals surface area contributed by atoms with Crippen molar-refractivity contribution in [2.75, 3.05) is 37.6 Å². The van der Waals surface area contributed by atoms with Crippen LogP contribution in [0.3, 0.4) is 0 Å². The summed E-state index contributed by atoms with van der Waals surface area (Å²) in [6.45, 7) is 14.3. The number of carbonyl (C=O) groups is 2. The van der Waals surface area contributed by atoms with E-state index in [2.05, 4.69) is 36.1 Å². The lowest BCUT2D eigenvalue weighted by Crippen LogP contribution is -2.49. The van der Waals surface area contributed by atoms with Crippen molar-refractivity contribution in [1.29, 1.82) is 0 Å². The SMILES string of the molecule is CCCCN(/C=C/CN(CC)CCC1(C)CCN(c2ccc(C(=O)O)cc2)C(=O)O1)N=C(C)C. The molecule has 1 aromatic rings. The molecule has 1 fully saturated rings. The number of nitrogens with zero attached hydrogens (tertiary/aromatic N) is 4. The fourth-order valence-corrected chi connectivity index (χ4v) is 3.78. The van der Waals surface area contributed by atoms with Crippen LogP contribution >= 0.6 is 0 Å². The Balaban J connectivity index is 1.89. The number of rotatable bonds is 13. The van der Waals surface area contributed by atoms with Crippen molar-refractivity contribution >= 4 is 23.5 Å². The van der Waals surface area contributed by atoms with Gasteiger partial charge in [0.1, 0.15) is 5.60 Å². The van der Waals surface area contributed by atoms with Crippen LogP contribution in [0.5, 0.6) is 0 Å². The van der Waals surface area contributed by atoms with Gasteiger partial charge in [0.05, 0.1) is 5.56 Å². The van der Waals surface area contributed by atoms with Gasteiger partial charge in [-0.15, -0.1) is 0 Å². The first kappa shape index (κ1) is 27.4. The molecule has 1 amide bonds. The number of hydrogen-bond donors (Lipinski definition) is 1. The number of carbonyl (C=O) groups excluding carboxylic acids is 1. The third-order valence-electron chi connectivity index (χ3n) is 5.96. The molecule has 0 aliphatic carbocycles. The topological polar surface area (TPSA) is 85.7 Å². The summed E-state index contributed by atoms with van der Waals surface area (Å²) < 4.78 is 5.84. The van der Waals surface area contributed by atoms with Gasteiger partial charge in [-0.3, -0.25) is 14.8 Å². The highest BCUT2D eigenvalue weighted by atomic mass is 16.6. The predicted molar refractivity (Wildman–Crippen MR) is 137 cm³/mol. The van der Waals surface area contributed by atoms with Gasteiger partial charge >= 0.3 is 12.1 Å². The number of carboxylic acids is 1. The Morgan fingerprint density at radius 2 is 1.94 bits per heavy atom. The average molecular weight is 473 g/mol. The van der Waals surface area contributed by atoms with Gasteiger partial charge in [-0.25, -0.2) is 9.59 Å². The van der Waals surface area contributed by atoms with E-state index in [1.807, 2.05) is 25.8 Å². The van der Waals surface area contributed by atoms with Gasteiger partial charge in [-0.2, -0.15) is 5.10 Å². The Hall–Kier alpha value is -2.87. The second-order valence-electron chi connectivity index (χ2n) is 9.16. The van der Waals surface area contributed by atoms with Gasteiger partial charge < -0.3 is 9.84 Å². The molecule has 0 radical (unpaired) electrons. The quantitative estimate of drug-likeness (QED) is 0.313. The number of likely N-dealkylation sites (N-methyl/N-ethyl adjacent to an activating group) is 1. The summed E-state index contributed by atoms with van der Waals surface area (Å²) in [5.41, 5.74) is 1.35. The lowest BCUT2D eigenvalue weighted by atomic mass is 9.95. The molecular weight excluding hydrogens is 432 g/mol. The number of hydrogen-bond acceptors (Lipinski definition) is 6. The molecule has 188 valence electrons. The number of benzene rings is 1. The van der Waals surface area contributed by atoms with E-state index in [-0.39, 0.29) is 11.7 Å². The predicted octanol–water partition coefficient (Wildman–Crippen LogP) is 5.21. The number of amides is 1. The molecule has 1 aromatic carbocycles. The van der Waals surface area contributed by atoms with Crippen molar-refractivity contribution in [2.45, 2.75) is 65.9 Å². The molecule has 0 aromatic heterocycles. The summed E-state index contributed by atoms with van der Waals surface area (Å²) in [4.78, 5) is 27.7. The Morgan fingerprint density at radius 1 is 1.24 bits per heavy atom. The fourth-order valence-electron chi connectivity index (χ4n) is 3.78. The minimum absolute atomic E-state index is 0.192. The van der Waals surface area contributed by atoms with Crippen LogP contribution in [0.25, 0.3) is 0 Å². The molecule has 2 rings (SSSR count). The van der Waals surface area contributed by atoms with Gasteiger partial charge in [0.25, 0.3) is 0 Å². The van der Waals surface area contributed by atoms with Crippen LogP contribution in [0.2, 0.25) is 0 Å². The number of aromatic carboxylic acids is 1. The molecule has 1 N–H and O–H groups in total. The second-order valence-corrected chi connectivity index (χ2v) is 9.16. The molecule has 0 spiro atoms. The number of carboxylic acid groups (broad SMARTS) is 1. The van der Waals surface area contributed by atoms with E-state index in [4.69, 9.17) is 9.84 Å². The van der Waals surface area contributed by atoms with Crippen molar-refractivity contribution in [3.63, 3.8) is 0 Å². The Morgan fingerprint density at radius 3 is 2.50 bits per heavy atom. The molecule has 1 heterocycles. The monoisotopic (exact) mass is 472 g/mol. The number of ether oxygens (including phenoxy) is 1. The van der Waals surface area contributed by atoms with E-state index in [1.165, 1.54) is 12.1 Å². The van der Waals surface area contributed by atoms with Crippen LogP contribution in [0.15, 0.2) is 41.6 Å².